The standard InChI is InChI=1S/C13H17NO3/c1-10-4-2-5-11(8-10)9-12(15)14-7-3-6-13(16)17/h2,4-5,8H,3,6-7,9H2,1H3,(H,14,15)(H,16,17). The molecule has 0 saturated heterocycles. The third-order valence-corrected chi connectivity index (χ3v) is 2.34. The highest BCUT2D eigenvalue weighted by Gasteiger charge is 2.03. The summed E-state index contributed by atoms with van der Waals surface area (Å²) in [5, 5.41) is 11.1. The second kappa shape index (κ2) is 6.68. The van der Waals surface area contributed by atoms with Gasteiger partial charge in [-0.15, -0.1) is 0 Å². The second-order valence-electron chi connectivity index (χ2n) is 4.01. The van der Waals surface area contributed by atoms with Gasteiger partial charge in [-0.1, -0.05) is 29.8 Å². The lowest BCUT2D eigenvalue weighted by molar-refractivity contribution is -0.137. The number of benzene rings is 1. The largest absolute Gasteiger partial charge is 0.481 e. The van der Waals surface area contributed by atoms with Crippen molar-refractivity contribution in [2.45, 2.75) is 26.2 Å². The predicted molar refractivity (Wildman–Crippen MR) is 64.8 cm³/mol. The normalized spacial score (nSPS) is 9.94. The van der Waals surface area contributed by atoms with Crippen molar-refractivity contribution >= 4 is 11.9 Å². The van der Waals surface area contributed by atoms with E-state index in [0.717, 1.165) is 11.1 Å². The first-order valence-electron chi connectivity index (χ1n) is 5.62. The Kier molecular flexibility index (Phi) is 5.20. The monoisotopic (exact) mass is 235 g/mol. The highest BCUT2D eigenvalue weighted by molar-refractivity contribution is 5.78. The van der Waals surface area contributed by atoms with E-state index < -0.39 is 5.97 Å². The summed E-state index contributed by atoms with van der Waals surface area (Å²) in [4.78, 5) is 21.8. The van der Waals surface area contributed by atoms with Crippen molar-refractivity contribution in [2.24, 2.45) is 0 Å². The Labute approximate surface area is 101 Å². The van der Waals surface area contributed by atoms with Gasteiger partial charge in [0.25, 0.3) is 0 Å². The molecule has 4 heteroatoms. The van der Waals surface area contributed by atoms with E-state index in [-0.39, 0.29) is 12.3 Å². The maximum absolute atomic E-state index is 11.5. The van der Waals surface area contributed by atoms with Gasteiger partial charge in [0, 0.05) is 13.0 Å². The van der Waals surface area contributed by atoms with Crippen molar-refractivity contribution in [3.05, 3.63) is 35.4 Å². The van der Waals surface area contributed by atoms with Gasteiger partial charge in [0.15, 0.2) is 0 Å². The number of aryl methyl sites for hydroxylation is 1. The molecular formula is C13H17NO3. The number of hydrogen-bond donors (Lipinski definition) is 2. The second-order valence-corrected chi connectivity index (χ2v) is 4.01. The zero-order valence-corrected chi connectivity index (χ0v) is 9.90. The van der Waals surface area contributed by atoms with Gasteiger partial charge < -0.3 is 10.4 Å². The smallest absolute Gasteiger partial charge is 0.303 e. The number of carboxylic acid groups (broad SMARTS) is 1. The Balaban J connectivity index is 2.27. The molecule has 0 fully saturated rings. The molecule has 92 valence electrons. The van der Waals surface area contributed by atoms with Crippen LogP contribution < -0.4 is 5.32 Å². The van der Waals surface area contributed by atoms with E-state index in [0.29, 0.717) is 19.4 Å². The van der Waals surface area contributed by atoms with Crippen LogP contribution in [0, 0.1) is 6.92 Å². The van der Waals surface area contributed by atoms with E-state index in [2.05, 4.69) is 5.32 Å². The lowest BCUT2D eigenvalue weighted by Crippen LogP contribution is -2.26. The van der Waals surface area contributed by atoms with Crippen LogP contribution in [0.5, 0.6) is 0 Å². The Morgan fingerprint density at radius 1 is 1.35 bits per heavy atom. The SMILES string of the molecule is Cc1cccc(CC(=O)NCCCC(=O)O)c1. The summed E-state index contributed by atoms with van der Waals surface area (Å²) < 4.78 is 0. The minimum Gasteiger partial charge on any atom is -0.481 e. The van der Waals surface area contributed by atoms with Gasteiger partial charge in [-0.3, -0.25) is 9.59 Å². The van der Waals surface area contributed by atoms with Crippen molar-refractivity contribution < 1.29 is 14.7 Å². The average molecular weight is 235 g/mol. The molecule has 0 bridgehead atoms. The molecule has 1 aromatic rings. The van der Waals surface area contributed by atoms with Crippen LogP contribution in [-0.4, -0.2) is 23.5 Å². The minimum absolute atomic E-state index is 0.0685. The van der Waals surface area contributed by atoms with E-state index in [4.69, 9.17) is 5.11 Å². The number of rotatable bonds is 6. The van der Waals surface area contributed by atoms with Crippen LogP contribution in [0.1, 0.15) is 24.0 Å². The number of amides is 1. The fourth-order valence-electron chi connectivity index (χ4n) is 1.54. The minimum atomic E-state index is -0.835. The molecule has 0 heterocycles. The summed E-state index contributed by atoms with van der Waals surface area (Å²) in [5.41, 5.74) is 2.10. The van der Waals surface area contributed by atoms with Crippen LogP contribution in [0.25, 0.3) is 0 Å². The molecule has 0 unspecified atom stereocenters. The fraction of sp³-hybridized carbons (Fsp3) is 0.385. The molecule has 0 atom stereocenters. The van der Waals surface area contributed by atoms with Gasteiger partial charge in [0.1, 0.15) is 0 Å². The van der Waals surface area contributed by atoms with E-state index in [9.17, 15) is 9.59 Å². The van der Waals surface area contributed by atoms with Crippen LogP contribution in [-0.2, 0) is 16.0 Å². The van der Waals surface area contributed by atoms with Gasteiger partial charge in [-0.2, -0.15) is 0 Å². The van der Waals surface area contributed by atoms with Crippen molar-refractivity contribution in [3.63, 3.8) is 0 Å². The zero-order chi connectivity index (χ0) is 12.7. The molecule has 0 aliphatic heterocycles. The Morgan fingerprint density at radius 2 is 2.12 bits per heavy atom. The fourth-order valence-corrected chi connectivity index (χ4v) is 1.54. The molecule has 2 N–H and O–H groups in total. The zero-order valence-electron chi connectivity index (χ0n) is 9.90. The van der Waals surface area contributed by atoms with Crippen LogP contribution in [0.4, 0.5) is 0 Å². The molecule has 0 radical (unpaired) electrons. The van der Waals surface area contributed by atoms with Crippen LogP contribution in [0.15, 0.2) is 24.3 Å². The van der Waals surface area contributed by atoms with Crippen LogP contribution >= 0.6 is 0 Å². The highest BCUT2D eigenvalue weighted by Crippen LogP contribution is 2.04. The van der Waals surface area contributed by atoms with Crippen molar-refractivity contribution in [2.75, 3.05) is 6.54 Å². The summed E-state index contributed by atoms with van der Waals surface area (Å²) >= 11 is 0. The first-order valence-corrected chi connectivity index (χ1v) is 5.62. The van der Waals surface area contributed by atoms with Crippen molar-refractivity contribution in [3.8, 4) is 0 Å². The van der Waals surface area contributed by atoms with Gasteiger partial charge in [-0.05, 0) is 18.9 Å². The molecule has 1 aromatic carbocycles. The van der Waals surface area contributed by atoms with Gasteiger partial charge in [0.2, 0.25) is 5.91 Å². The number of nitrogens with one attached hydrogen (secondary N) is 1. The van der Waals surface area contributed by atoms with Crippen LogP contribution in [0.3, 0.4) is 0 Å². The average Bonchev–Trinajstić information content (AvgIpc) is 2.24. The molecule has 1 rings (SSSR count). The number of carboxylic acids is 1. The molecule has 0 saturated carbocycles. The maximum atomic E-state index is 11.5. The van der Waals surface area contributed by atoms with Gasteiger partial charge in [-0.25, -0.2) is 0 Å². The van der Waals surface area contributed by atoms with E-state index in [1.54, 1.807) is 0 Å². The van der Waals surface area contributed by atoms with E-state index in [1.807, 2.05) is 31.2 Å². The van der Waals surface area contributed by atoms with Gasteiger partial charge in [0.05, 0.1) is 6.42 Å². The van der Waals surface area contributed by atoms with Crippen LogP contribution in [0.2, 0.25) is 0 Å². The first kappa shape index (κ1) is 13.2. The quantitative estimate of drug-likeness (QED) is 0.735. The third kappa shape index (κ3) is 5.70. The summed E-state index contributed by atoms with van der Waals surface area (Å²) in [6.07, 6.45) is 0.897. The predicted octanol–water partition coefficient (Wildman–Crippen LogP) is 1.52. The molecule has 0 spiro atoms. The van der Waals surface area contributed by atoms with E-state index >= 15 is 0 Å². The topological polar surface area (TPSA) is 66.4 Å². The first-order chi connectivity index (χ1) is 8.08. The van der Waals surface area contributed by atoms with Crippen molar-refractivity contribution in [1.82, 2.24) is 5.32 Å². The Hall–Kier alpha value is -1.84. The molecule has 0 aliphatic rings. The maximum Gasteiger partial charge on any atom is 0.303 e. The number of hydrogen-bond acceptors (Lipinski definition) is 2. The summed E-state index contributed by atoms with van der Waals surface area (Å²) in [5.74, 6) is -0.904. The van der Waals surface area contributed by atoms with Crippen molar-refractivity contribution in [1.29, 1.82) is 0 Å². The van der Waals surface area contributed by atoms with Gasteiger partial charge >= 0.3 is 5.97 Å². The number of aliphatic carboxylic acids is 1. The summed E-state index contributed by atoms with van der Waals surface area (Å²) in [6, 6.07) is 7.78. The third-order valence-electron chi connectivity index (χ3n) is 2.34. The number of carbonyl (C=O) groups excluding carboxylic acids is 1. The highest BCUT2D eigenvalue weighted by atomic mass is 16.4. The summed E-state index contributed by atoms with van der Waals surface area (Å²) in [6.45, 7) is 2.39. The molecular weight excluding hydrogens is 218 g/mol. The molecule has 1 amide bonds. The molecule has 0 aromatic heterocycles. The Bertz CT molecular complexity index is 401. The summed E-state index contributed by atoms with van der Waals surface area (Å²) in [7, 11) is 0. The molecule has 17 heavy (non-hydrogen) atoms. The lowest BCUT2D eigenvalue weighted by atomic mass is 10.1. The lowest BCUT2D eigenvalue weighted by Gasteiger charge is -2.04. The van der Waals surface area contributed by atoms with E-state index in [1.165, 1.54) is 0 Å². The Morgan fingerprint density at radius 3 is 2.76 bits per heavy atom. The molecule has 4 nitrogen and oxygen atoms in total. The molecule has 0 aliphatic carbocycles. The number of carbonyl (C=O) groups is 2.